The van der Waals surface area contributed by atoms with E-state index in [2.05, 4.69) is 4.72 Å². The third kappa shape index (κ3) is 4.61. The van der Waals surface area contributed by atoms with E-state index in [1.54, 1.807) is 7.05 Å². The van der Waals surface area contributed by atoms with E-state index < -0.39 is 10.0 Å². The van der Waals surface area contributed by atoms with E-state index in [0.29, 0.717) is 5.56 Å². The van der Waals surface area contributed by atoms with Crippen LogP contribution in [0.5, 0.6) is 0 Å². The highest BCUT2D eigenvalue weighted by atomic mass is 32.2. The van der Waals surface area contributed by atoms with Crippen LogP contribution in [0.2, 0.25) is 0 Å². The van der Waals surface area contributed by atoms with Gasteiger partial charge in [-0.1, -0.05) is 48.5 Å². The minimum atomic E-state index is -3.65. The van der Waals surface area contributed by atoms with Crippen molar-refractivity contribution in [2.24, 2.45) is 0 Å². The zero-order chi connectivity index (χ0) is 19.3. The molecular formula is C21H20N2O3S. The largest absolute Gasteiger partial charge is 0.311 e. The first-order valence-electron chi connectivity index (χ1n) is 8.44. The second-order valence-electron chi connectivity index (χ2n) is 6.03. The Balaban J connectivity index is 1.71. The second-order valence-corrected chi connectivity index (χ2v) is 7.80. The number of para-hydroxylation sites is 1. The molecule has 27 heavy (non-hydrogen) atoms. The number of carbonyl (C=O) groups excluding carboxylic acids is 1. The van der Waals surface area contributed by atoms with E-state index in [-0.39, 0.29) is 17.3 Å². The van der Waals surface area contributed by atoms with Crippen molar-refractivity contribution < 1.29 is 13.2 Å². The van der Waals surface area contributed by atoms with Crippen LogP contribution in [-0.2, 0) is 16.6 Å². The van der Waals surface area contributed by atoms with Gasteiger partial charge in [-0.3, -0.25) is 4.79 Å². The summed E-state index contributed by atoms with van der Waals surface area (Å²) in [6, 6.07) is 24.5. The van der Waals surface area contributed by atoms with E-state index in [9.17, 15) is 13.2 Å². The predicted octanol–water partition coefficient (Wildman–Crippen LogP) is 3.44. The van der Waals surface area contributed by atoms with Crippen LogP contribution < -0.4 is 9.62 Å². The number of sulfonamides is 1. The Morgan fingerprint density at radius 2 is 1.41 bits per heavy atom. The third-order valence-electron chi connectivity index (χ3n) is 4.17. The van der Waals surface area contributed by atoms with Crippen molar-refractivity contribution in [3.05, 3.63) is 96.1 Å². The molecule has 0 saturated carbocycles. The lowest BCUT2D eigenvalue weighted by Gasteiger charge is -2.17. The Morgan fingerprint density at radius 3 is 2.00 bits per heavy atom. The third-order valence-corrected chi connectivity index (χ3v) is 5.59. The molecule has 0 saturated heterocycles. The SMILES string of the molecule is CN(C(=O)c1ccc(S(=O)(=O)NCc2ccccc2)cc1)c1ccccc1. The number of carbonyl (C=O) groups is 1. The lowest BCUT2D eigenvalue weighted by Crippen LogP contribution is -2.26. The van der Waals surface area contributed by atoms with E-state index in [4.69, 9.17) is 0 Å². The van der Waals surface area contributed by atoms with Crippen molar-refractivity contribution in [2.45, 2.75) is 11.4 Å². The smallest absolute Gasteiger partial charge is 0.258 e. The molecule has 138 valence electrons. The number of nitrogens with zero attached hydrogens (tertiary/aromatic N) is 1. The molecule has 6 heteroatoms. The van der Waals surface area contributed by atoms with Gasteiger partial charge in [0.05, 0.1) is 4.90 Å². The van der Waals surface area contributed by atoms with Crippen molar-refractivity contribution in [1.82, 2.24) is 4.72 Å². The van der Waals surface area contributed by atoms with Gasteiger partial charge in [-0.2, -0.15) is 0 Å². The van der Waals surface area contributed by atoms with Gasteiger partial charge in [0.25, 0.3) is 5.91 Å². The van der Waals surface area contributed by atoms with Crippen molar-refractivity contribution in [3.8, 4) is 0 Å². The number of amides is 1. The number of rotatable bonds is 6. The lowest BCUT2D eigenvalue weighted by molar-refractivity contribution is 0.0993. The van der Waals surface area contributed by atoms with Gasteiger partial charge in [0.1, 0.15) is 0 Å². The van der Waals surface area contributed by atoms with Crippen LogP contribution in [0.15, 0.2) is 89.8 Å². The van der Waals surface area contributed by atoms with Gasteiger partial charge in [0.2, 0.25) is 10.0 Å². The first-order chi connectivity index (χ1) is 13.0. The Morgan fingerprint density at radius 1 is 0.852 bits per heavy atom. The molecule has 1 N–H and O–H groups in total. The fourth-order valence-electron chi connectivity index (χ4n) is 2.60. The summed E-state index contributed by atoms with van der Waals surface area (Å²) in [4.78, 5) is 14.2. The Kier molecular flexibility index (Phi) is 5.69. The summed E-state index contributed by atoms with van der Waals surface area (Å²) in [6.07, 6.45) is 0. The Labute approximate surface area is 159 Å². The molecule has 5 nitrogen and oxygen atoms in total. The highest BCUT2D eigenvalue weighted by Gasteiger charge is 2.17. The molecule has 3 aromatic rings. The van der Waals surface area contributed by atoms with Crippen molar-refractivity contribution in [3.63, 3.8) is 0 Å². The van der Waals surface area contributed by atoms with E-state index >= 15 is 0 Å². The summed E-state index contributed by atoms with van der Waals surface area (Å²) in [5.41, 5.74) is 2.06. The first-order valence-corrected chi connectivity index (χ1v) is 9.92. The molecule has 0 aromatic heterocycles. The van der Waals surface area contributed by atoms with Crippen LogP contribution in [0.3, 0.4) is 0 Å². The number of hydrogen-bond acceptors (Lipinski definition) is 3. The topological polar surface area (TPSA) is 66.5 Å². The van der Waals surface area contributed by atoms with Gasteiger partial charge in [0.15, 0.2) is 0 Å². The molecule has 0 unspecified atom stereocenters. The van der Waals surface area contributed by atoms with Crippen molar-refractivity contribution >= 4 is 21.6 Å². The summed E-state index contributed by atoms with van der Waals surface area (Å²) < 4.78 is 27.4. The lowest BCUT2D eigenvalue weighted by atomic mass is 10.2. The Bertz CT molecular complexity index is 1000. The van der Waals surface area contributed by atoms with Crippen LogP contribution in [0.4, 0.5) is 5.69 Å². The van der Waals surface area contributed by atoms with Crippen LogP contribution in [0.25, 0.3) is 0 Å². The molecule has 0 heterocycles. The maximum Gasteiger partial charge on any atom is 0.258 e. The molecule has 0 atom stereocenters. The molecule has 0 fully saturated rings. The molecule has 0 radical (unpaired) electrons. The highest BCUT2D eigenvalue weighted by molar-refractivity contribution is 7.89. The molecule has 3 aromatic carbocycles. The summed E-state index contributed by atoms with van der Waals surface area (Å²) in [6.45, 7) is 0.209. The highest BCUT2D eigenvalue weighted by Crippen LogP contribution is 2.17. The van der Waals surface area contributed by atoms with Crippen LogP contribution >= 0.6 is 0 Å². The summed E-state index contributed by atoms with van der Waals surface area (Å²) in [5, 5.41) is 0. The summed E-state index contributed by atoms with van der Waals surface area (Å²) >= 11 is 0. The van der Waals surface area contributed by atoms with Gasteiger partial charge in [-0.05, 0) is 42.0 Å². The normalized spacial score (nSPS) is 11.1. The maximum atomic E-state index is 12.6. The molecule has 0 aliphatic rings. The molecular weight excluding hydrogens is 360 g/mol. The van der Waals surface area contributed by atoms with E-state index in [1.807, 2.05) is 60.7 Å². The first kappa shape index (κ1) is 18.8. The molecule has 1 amide bonds. The van der Waals surface area contributed by atoms with Crippen molar-refractivity contribution in [1.29, 1.82) is 0 Å². The average molecular weight is 380 g/mol. The van der Waals surface area contributed by atoms with Crippen LogP contribution in [0, 0.1) is 0 Å². The second kappa shape index (κ2) is 8.16. The summed E-state index contributed by atoms with van der Waals surface area (Å²) in [5.74, 6) is -0.206. The minimum absolute atomic E-state index is 0.123. The maximum absolute atomic E-state index is 12.6. The number of hydrogen-bond donors (Lipinski definition) is 1. The fraction of sp³-hybridized carbons (Fsp3) is 0.0952. The van der Waals surface area contributed by atoms with Crippen molar-refractivity contribution in [2.75, 3.05) is 11.9 Å². The van der Waals surface area contributed by atoms with Gasteiger partial charge in [-0.15, -0.1) is 0 Å². The minimum Gasteiger partial charge on any atom is -0.311 e. The van der Waals surface area contributed by atoms with Gasteiger partial charge >= 0.3 is 0 Å². The van der Waals surface area contributed by atoms with Gasteiger partial charge < -0.3 is 4.90 Å². The number of anilines is 1. The molecule has 0 spiro atoms. The van der Waals surface area contributed by atoms with Gasteiger partial charge in [0, 0.05) is 24.8 Å². The number of nitrogens with one attached hydrogen (secondary N) is 1. The number of benzene rings is 3. The quantitative estimate of drug-likeness (QED) is 0.712. The summed E-state index contributed by atoms with van der Waals surface area (Å²) in [7, 11) is -1.96. The fourth-order valence-corrected chi connectivity index (χ4v) is 3.61. The van der Waals surface area contributed by atoms with E-state index in [0.717, 1.165) is 11.3 Å². The predicted molar refractivity (Wildman–Crippen MR) is 106 cm³/mol. The standard InChI is InChI=1S/C21H20N2O3S/c1-23(19-10-6-3-7-11-19)21(24)18-12-14-20(15-13-18)27(25,26)22-16-17-8-4-2-5-9-17/h2-15,22H,16H2,1H3. The van der Waals surface area contributed by atoms with E-state index in [1.165, 1.54) is 29.2 Å². The molecule has 0 aliphatic carbocycles. The average Bonchev–Trinajstić information content (AvgIpc) is 2.73. The van der Waals surface area contributed by atoms with Crippen LogP contribution in [-0.4, -0.2) is 21.4 Å². The zero-order valence-electron chi connectivity index (χ0n) is 14.9. The molecule has 3 rings (SSSR count). The Hall–Kier alpha value is -2.96. The van der Waals surface area contributed by atoms with Gasteiger partial charge in [-0.25, -0.2) is 13.1 Å². The monoisotopic (exact) mass is 380 g/mol. The van der Waals surface area contributed by atoms with Crippen LogP contribution in [0.1, 0.15) is 15.9 Å². The molecule has 0 bridgehead atoms. The molecule has 0 aliphatic heterocycles. The zero-order valence-corrected chi connectivity index (χ0v) is 15.7.